The molecule has 2 rings (SSSR count). The van der Waals surface area contributed by atoms with Gasteiger partial charge in [-0.2, -0.15) is 0 Å². The first kappa shape index (κ1) is 24.8. The number of nitrogens with zero attached hydrogens (tertiary/aromatic N) is 3. The molecule has 0 fully saturated rings. The Labute approximate surface area is 188 Å². The predicted molar refractivity (Wildman–Crippen MR) is 128 cm³/mol. The van der Waals surface area contributed by atoms with Gasteiger partial charge in [-0.15, -0.1) is 0 Å². The molecule has 0 spiro atoms. The molecule has 8 heteroatoms. The van der Waals surface area contributed by atoms with Gasteiger partial charge in [0.05, 0.1) is 0 Å². The third-order valence-electron chi connectivity index (χ3n) is 5.28. The second-order valence-corrected chi connectivity index (χ2v) is 9.40. The lowest BCUT2D eigenvalue weighted by Gasteiger charge is -2.08. The van der Waals surface area contributed by atoms with Crippen LogP contribution in [0.4, 0.5) is 0 Å². The van der Waals surface area contributed by atoms with Crippen LogP contribution in [0.3, 0.4) is 0 Å². The van der Waals surface area contributed by atoms with Crippen LogP contribution in [0.25, 0.3) is 11.2 Å². The van der Waals surface area contributed by atoms with Crippen molar-refractivity contribution in [2.45, 2.75) is 89.8 Å². The average Bonchev–Trinajstić information content (AvgIpc) is 3.06. The average molecular weight is 455 g/mol. The standard InChI is InChI=1S/C22H35ClN4O2S/c1-4-5-6-7-8-9-10-11-12-13-15-27-18-19(26(3)21(29)25-20(18)28)24-22(27)30-16-14-17(2)23/h14H,4-13,15-16H2,1-3H3,(H,25,28,29)/b17-14-. The Morgan fingerprint density at radius 3 is 2.27 bits per heavy atom. The van der Waals surface area contributed by atoms with Gasteiger partial charge in [0.15, 0.2) is 16.3 Å². The van der Waals surface area contributed by atoms with E-state index < -0.39 is 5.69 Å². The van der Waals surface area contributed by atoms with Crippen LogP contribution < -0.4 is 11.2 Å². The normalized spacial score (nSPS) is 12.2. The van der Waals surface area contributed by atoms with Crippen molar-refractivity contribution in [3.8, 4) is 0 Å². The van der Waals surface area contributed by atoms with Crippen molar-refractivity contribution in [2.75, 3.05) is 5.75 Å². The minimum atomic E-state index is -0.441. The number of aromatic amines is 1. The zero-order valence-electron chi connectivity index (χ0n) is 18.5. The van der Waals surface area contributed by atoms with Crippen LogP contribution in [-0.4, -0.2) is 24.9 Å². The first-order chi connectivity index (χ1) is 14.5. The Hall–Kier alpha value is -1.47. The molecule has 2 heterocycles. The highest BCUT2D eigenvalue weighted by Gasteiger charge is 2.17. The van der Waals surface area contributed by atoms with Gasteiger partial charge in [-0.1, -0.05) is 94.1 Å². The number of unbranched alkanes of at least 4 members (excludes halogenated alkanes) is 9. The molecule has 1 N–H and O–H groups in total. The van der Waals surface area contributed by atoms with Crippen LogP contribution in [0.1, 0.15) is 78.1 Å². The number of fused-ring (bicyclic) bond motifs is 1. The SMILES string of the molecule is CCCCCCCCCCCCn1c(SC/C=C(/C)Cl)nc2c1c(=O)[nH]c(=O)n2C. The second kappa shape index (κ2) is 13.1. The number of hydrogen-bond acceptors (Lipinski definition) is 4. The van der Waals surface area contributed by atoms with Gasteiger partial charge in [0.1, 0.15) is 0 Å². The quantitative estimate of drug-likeness (QED) is 0.298. The number of allylic oxidation sites excluding steroid dienone is 1. The summed E-state index contributed by atoms with van der Waals surface area (Å²) in [6.07, 6.45) is 14.5. The minimum absolute atomic E-state index is 0.372. The molecule has 30 heavy (non-hydrogen) atoms. The maximum Gasteiger partial charge on any atom is 0.329 e. The number of H-pyrrole nitrogens is 1. The van der Waals surface area contributed by atoms with E-state index in [2.05, 4.69) is 16.9 Å². The van der Waals surface area contributed by atoms with E-state index >= 15 is 0 Å². The summed E-state index contributed by atoms with van der Waals surface area (Å²) in [5.74, 6) is 0.669. The van der Waals surface area contributed by atoms with Crippen LogP contribution in [0.15, 0.2) is 25.9 Å². The summed E-state index contributed by atoms with van der Waals surface area (Å²) in [4.78, 5) is 31.4. The number of hydrogen-bond donors (Lipinski definition) is 1. The second-order valence-electron chi connectivity index (χ2n) is 7.82. The highest BCUT2D eigenvalue weighted by atomic mass is 35.5. The largest absolute Gasteiger partial charge is 0.329 e. The molecule has 0 radical (unpaired) electrons. The number of imidazole rings is 1. The van der Waals surface area contributed by atoms with Gasteiger partial charge >= 0.3 is 5.69 Å². The van der Waals surface area contributed by atoms with E-state index in [1.807, 2.05) is 17.6 Å². The molecule has 0 aromatic carbocycles. The molecule has 6 nitrogen and oxygen atoms in total. The third kappa shape index (κ3) is 7.34. The maximum absolute atomic E-state index is 12.5. The first-order valence-electron chi connectivity index (χ1n) is 11.1. The fraction of sp³-hybridized carbons (Fsp3) is 0.682. The molecular formula is C22H35ClN4O2S. The summed E-state index contributed by atoms with van der Waals surface area (Å²) in [6, 6.07) is 0. The van der Waals surface area contributed by atoms with Crippen LogP contribution in [-0.2, 0) is 13.6 Å². The summed E-state index contributed by atoms with van der Waals surface area (Å²) in [5, 5.41) is 1.48. The molecule has 0 saturated carbocycles. The molecule has 0 atom stereocenters. The Balaban J connectivity index is 1.98. The topological polar surface area (TPSA) is 72.7 Å². The van der Waals surface area contributed by atoms with Gasteiger partial charge in [0, 0.05) is 24.4 Å². The highest BCUT2D eigenvalue weighted by Crippen LogP contribution is 2.23. The monoisotopic (exact) mass is 454 g/mol. The Morgan fingerprint density at radius 1 is 1.07 bits per heavy atom. The lowest BCUT2D eigenvalue weighted by molar-refractivity contribution is 0.527. The van der Waals surface area contributed by atoms with Crippen molar-refractivity contribution in [2.24, 2.45) is 7.05 Å². The molecule has 2 aromatic heterocycles. The number of halogens is 1. The van der Waals surface area contributed by atoms with Gasteiger partial charge in [0.2, 0.25) is 0 Å². The molecule has 168 valence electrons. The highest BCUT2D eigenvalue weighted by molar-refractivity contribution is 7.99. The third-order valence-corrected chi connectivity index (χ3v) is 6.34. The fourth-order valence-electron chi connectivity index (χ4n) is 3.52. The summed E-state index contributed by atoms with van der Waals surface area (Å²) < 4.78 is 3.36. The molecule has 0 unspecified atom stereocenters. The molecule has 0 amide bonds. The van der Waals surface area contributed by atoms with Crippen molar-refractivity contribution in [3.05, 3.63) is 31.9 Å². The number of nitrogens with one attached hydrogen (secondary N) is 1. The molecule has 2 aromatic rings. The zero-order valence-corrected chi connectivity index (χ0v) is 20.1. The first-order valence-corrected chi connectivity index (χ1v) is 12.5. The van der Waals surface area contributed by atoms with Gasteiger partial charge in [-0.25, -0.2) is 9.78 Å². The zero-order chi connectivity index (χ0) is 21.9. The van der Waals surface area contributed by atoms with E-state index in [1.54, 1.807) is 7.05 Å². The lowest BCUT2D eigenvalue weighted by atomic mass is 10.1. The number of thioether (sulfide) groups is 1. The Bertz CT molecular complexity index is 941. The van der Waals surface area contributed by atoms with Crippen molar-refractivity contribution >= 4 is 34.5 Å². The maximum atomic E-state index is 12.5. The number of aryl methyl sites for hydroxylation is 2. The van der Waals surface area contributed by atoms with Crippen molar-refractivity contribution in [3.63, 3.8) is 0 Å². The van der Waals surface area contributed by atoms with E-state index in [4.69, 9.17) is 11.6 Å². The van der Waals surface area contributed by atoms with Gasteiger partial charge in [0.25, 0.3) is 5.56 Å². The van der Waals surface area contributed by atoms with E-state index in [9.17, 15) is 9.59 Å². The molecule has 0 bridgehead atoms. The number of rotatable bonds is 14. The summed E-state index contributed by atoms with van der Waals surface area (Å²) in [7, 11) is 1.63. The molecule has 0 saturated heterocycles. The Kier molecular flexibility index (Phi) is 10.8. The van der Waals surface area contributed by atoms with Crippen LogP contribution in [0, 0.1) is 0 Å². The van der Waals surface area contributed by atoms with Crippen molar-refractivity contribution in [1.29, 1.82) is 0 Å². The summed E-state index contributed by atoms with van der Waals surface area (Å²) in [5.41, 5.74) is 0.0970. The van der Waals surface area contributed by atoms with E-state index in [0.717, 1.165) is 29.6 Å². The van der Waals surface area contributed by atoms with Crippen LogP contribution >= 0.6 is 23.4 Å². The van der Waals surface area contributed by atoms with E-state index in [-0.39, 0.29) is 5.56 Å². The van der Waals surface area contributed by atoms with Gasteiger partial charge in [-0.05, 0) is 13.3 Å². The molecule has 0 aliphatic rings. The number of aromatic nitrogens is 4. The fourth-order valence-corrected chi connectivity index (χ4v) is 4.66. The predicted octanol–water partition coefficient (Wildman–Crippen LogP) is 5.58. The molecule has 0 aliphatic heterocycles. The molecule has 0 aliphatic carbocycles. The van der Waals surface area contributed by atoms with Crippen LogP contribution in [0.2, 0.25) is 0 Å². The van der Waals surface area contributed by atoms with Gasteiger partial charge < -0.3 is 4.57 Å². The lowest BCUT2D eigenvalue weighted by Crippen LogP contribution is -2.29. The van der Waals surface area contributed by atoms with Crippen LogP contribution in [0.5, 0.6) is 0 Å². The Morgan fingerprint density at radius 2 is 1.67 bits per heavy atom. The van der Waals surface area contributed by atoms with E-state index in [1.165, 1.54) is 67.7 Å². The summed E-state index contributed by atoms with van der Waals surface area (Å²) in [6.45, 7) is 4.81. The van der Waals surface area contributed by atoms with Gasteiger partial charge in [-0.3, -0.25) is 14.3 Å². The molecular weight excluding hydrogens is 420 g/mol. The summed E-state index contributed by atoms with van der Waals surface area (Å²) >= 11 is 7.46. The smallest absolute Gasteiger partial charge is 0.313 e. The van der Waals surface area contributed by atoms with Crippen molar-refractivity contribution < 1.29 is 0 Å². The van der Waals surface area contributed by atoms with Crippen molar-refractivity contribution in [1.82, 2.24) is 19.1 Å². The minimum Gasteiger partial charge on any atom is -0.313 e. The van der Waals surface area contributed by atoms with E-state index in [0.29, 0.717) is 16.9 Å².